The van der Waals surface area contributed by atoms with E-state index >= 15 is 0 Å². The molecule has 2 atom stereocenters. The molecule has 4 heteroatoms. The van der Waals surface area contributed by atoms with Crippen LogP contribution >= 0.6 is 0 Å². The van der Waals surface area contributed by atoms with Crippen LogP contribution < -0.4 is 0 Å². The van der Waals surface area contributed by atoms with Gasteiger partial charge in [0, 0.05) is 26.1 Å². The first-order valence-electron chi connectivity index (χ1n) is 6.47. The standard InChI is InChI=1S/C11H16FN3.C2H6/c1-6-10(12)11(13-15(6)3)9-7-4-14(2)5-8(7)9;1-2/h7-9H,4-5H2,1-3H3;1-2H3. The third-order valence-corrected chi connectivity index (χ3v) is 3.98. The third-order valence-electron chi connectivity index (χ3n) is 3.98. The molecule has 0 amide bonds. The Morgan fingerprint density at radius 1 is 1.18 bits per heavy atom. The van der Waals surface area contributed by atoms with Crippen molar-refractivity contribution in [2.45, 2.75) is 26.7 Å². The van der Waals surface area contributed by atoms with Crippen molar-refractivity contribution in [2.75, 3.05) is 20.1 Å². The summed E-state index contributed by atoms with van der Waals surface area (Å²) in [4.78, 5) is 2.32. The maximum absolute atomic E-state index is 13.8. The van der Waals surface area contributed by atoms with Crippen LogP contribution in [0.4, 0.5) is 4.39 Å². The summed E-state index contributed by atoms with van der Waals surface area (Å²) in [5, 5.41) is 4.30. The molecule has 2 fully saturated rings. The van der Waals surface area contributed by atoms with Crippen molar-refractivity contribution in [1.29, 1.82) is 0 Å². The van der Waals surface area contributed by atoms with Gasteiger partial charge in [0.1, 0.15) is 5.69 Å². The normalized spacial score (nSPS) is 30.8. The van der Waals surface area contributed by atoms with E-state index in [0.717, 1.165) is 13.1 Å². The maximum atomic E-state index is 13.8. The summed E-state index contributed by atoms with van der Waals surface area (Å²) in [5.41, 5.74) is 1.36. The Balaban J connectivity index is 0.000000514. The van der Waals surface area contributed by atoms with Crippen molar-refractivity contribution < 1.29 is 4.39 Å². The van der Waals surface area contributed by atoms with Gasteiger partial charge in [-0.15, -0.1) is 0 Å². The minimum absolute atomic E-state index is 0.0837. The van der Waals surface area contributed by atoms with Gasteiger partial charge in [0.2, 0.25) is 0 Å². The predicted molar refractivity (Wildman–Crippen MR) is 66.5 cm³/mol. The molecule has 0 N–H and O–H groups in total. The van der Waals surface area contributed by atoms with Crippen molar-refractivity contribution in [1.82, 2.24) is 14.7 Å². The molecule has 2 aliphatic rings. The Morgan fingerprint density at radius 2 is 1.71 bits per heavy atom. The number of hydrogen-bond donors (Lipinski definition) is 0. The number of hydrogen-bond acceptors (Lipinski definition) is 2. The summed E-state index contributed by atoms with van der Waals surface area (Å²) in [6.07, 6.45) is 0. The first kappa shape index (κ1) is 12.6. The van der Waals surface area contributed by atoms with Crippen LogP contribution in [-0.2, 0) is 7.05 Å². The highest BCUT2D eigenvalue weighted by Gasteiger charge is 2.57. The van der Waals surface area contributed by atoms with Crippen LogP contribution in [0.25, 0.3) is 0 Å². The summed E-state index contributed by atoms with van der Waals surface area (Å²) in [7, 11) is 3.94. The first-order valence-corrected chi connectivity index (χ1v) is 6.47. The zero-order valence-corrected chi connectivity index (χ0v) is 11.4. The lowest BCUT2D eigenvalue weighted by Gasteiger charge is -2.11. The second-order valence-electron chi connectivity index (χ2n) is 4.98. The van der Waals surface area contributed by atoms with E-state index in [-0.39, 0.29) is 5.82 Å². The highest BCUT2D eigenvalue weighted by molar-refractivity contribution is 5.27. The molecule has 1 aliphatic heterocycles. The third kappa shape index (κ3) is 1.88. The van der Waals surface area contributed by atoms with Gasteiger partial charge in [0.25, 0.3) is 0 Å². The lowest BCUT2D eigenvalue weighted by atomic mass is 10.2. The molecule has 96 valence electrons. The van der Waals surface area contributed by atoms with Crippen LogP contribution in [0.15, 0.2) is 0 Å². The van der Waals surface area contributed by atoms with Crippen LogP contribution in [0, 0.1) is 24.6 Å². The van der Waals surface area contributed by atoms with Crippen molar-refractivity contribution in [2.24, 2.45) is 18.9 Å². The van der Waals surface area contributed by atoms with Crippen LogP contribution in [0.3, 0.4) is 0 Å². The van der Waals surface area contributed by atoms with Crippen LogP contribution in [0.1, 0.15) is 31.2 Å². The quantitative estimate of drug-likeness (QED) is 0.749. The molecule has 3 rings (SSSR count). The number of rotatable bonds is 1. The Morgan fingerprint density at radius 3 is 2.12 bits per heavy atom. The van der Waals surface area contributed by atoms with E-state index in [4.69, 9.17) is 0 Å². The molecule has 1 aliphatic carbocycles. The Labute approximate surface area is 103 Å². The van der Waals surface area contributed by atoms with Crippen LogP contribution in [0.2, 0.25) is 0 Å². The van der Waals surface area contributed by atoms with E-state index in [2.05, 4.69) is 17.0 Å². The Hall–Kier alpha value is -0.900. The summed E-state index contributed by atoms with van der Waals surface area (Å²) in [5.74, 6) is 1.61. The minimum atomic E-state index is -0.0837. The fourth-order valence-electron chi connectivity index (χ4n) is 2.96. The average molecular weight is 239 g/mol. The number of aryl methyl sites for hydroxylation is 1. The van der Waals surface area contributed by atoms with Gasteiger partial charge in [0.15, 0.2) is 5.82 Å². The second kappa shape index (κ2) is 4.41. The molecular formula is C13H22FN3. The van der Waals surface area contributed by atoms with Crippen molar-refractivity contribution >= 4 is 0 Å². The SMILES string of the molecule is CC.Cc1c(F)c(C2C3CN(C)CC32)nn1C. The Kier molecular flexibility index (Phi) is 3.25. The number of likely N-dealkylation sites (tertiary alicyclic amines) is 1. The van der Waals surface area contributed by atoms with Gasteiger partial charge in [-0.25, -0.2) is 4.39 Å². The van der Waals surface area contributed by atoms with Crippen LogP contribution in [-0.4, -0.2) is 34.8 Å². The topological polar surface area (TPSA) is 21.1 Å². The predicted octanol–water partition coefficient (Wildman–Crippen LogP) is 2.17. The summed E-state index contributed by atoms with van der Waals surface area (Å²) < 4.78 is 15.5. The maximum Gasteiger partial charge on any atom is 0.167 e. The summed E-state index contributed by atoms with van der Waals surface area (Å²) in [6, 6.07) is 0. The lowest BCUT2D eigenvalue weighted by molar-refractivity contribution is 0.359. The second-order valence-corrected chi connectivity index (χ2v) is 4.98. The summed E-state index contributed by atoms with van der Waals surface area (Å²) in [6.45, 7) is 7.99. The highest BCUT2D eigenvalue weighted by Crippen LogP contribution is 2.57. The molecule has 1 aromatic heterocycles. The highest BCUT2D eigenvalue weighted by atomic mass is 19.1. The average Bonchev–Trinajstić information content (AvgIpc) is 2.70. The monoisotopic (exact) mass is 239 g/mol. The van der Waals surface area contributed by atoms with E-state index in [1.54, 1.807) is 11.6 Å². The number of aromatic nitrogens is 2. The number of halogens is 1. The molecule has 0 aromatic carbocycles. The largest absolute Gasteiger partial charge is 0.306 e. The van der Waals surface area contributed by atoms with Gasteiger partial charge in [-0.05, 0) is 25.8 Å². The fraction of sp³-hybridized carbons (Fsp3) is 0.769. The Bertz CT molecular complexity index is 401. The zero-order valence-electron chi connectivity index (χ0n) is 11.4. The number of piperidine rings is 1. The molecule has 2 unspecified atom stereocenters. The first-order chi connectivity index (χ1) is 8.09. The summed E-state index contributed by atoms with van der Waals surface area (Å²) >= 11 is 0. The molecule has 3 nitrogen and oxygen atoms in total. The van der Waals surface area contributed by atoms with E-state index in [0.29, 0.717) is 29.1 Å². The molecule has 0 radical (unpaired) electrons. The fourth-order valence-corrected chi connectivity index (χ4v) is 2.96. The molecule has 2 heterocycles. The van der Waals surface area contributed by atoms with Crippen molar-refractivity contribution in [3.05, 3.63) is 17.2 Å². The molecular weight excluding hydrogens is 217 g/mol. The van der Waals surface area contributed by atoms with Crippen molar-refractivity contribution in [3.63, 3.8) is 0 Å². The van der Waals surface area contributed by atoms with Gasteiger partial charge in [0.05, 0.1) is 5.69 Å². The molecule has 0 bridgehead atoms. The van der Waals surface area contributed by atoms with E-state index in [9.17, 15) is 4.39 Å². The molecule has 1 aromatic rings. The molecule has 1 saturated heterocycles. The smallest absolute Gasteiger partial charge is 0.167 e. The van der Waals surface area contributed by atoms with Gasteiger partial charge in [-0.2, -0.15) is 5.10 Å². The number of nitrogens with zero attached hydrogens (tertiary/aromatic N) is 3. The molecule has 17 heavy (non-hydrogen) atoms. The molecule has 0 spiro atoms. The number of fused-ring (bicyclic) bond motifs is 1. The van der Waals surface area contributed by atoms with E-state index in [1.165, 1.54) is 0 Å². The van der Waals surface area contributed by atoms with Gasteiger partial charge < -0.3 is 4.90 Å². The van der Waals surface area contributed by atoms with Gasteiger partial charge >= 0.3 is 0 Å². The van der Waals surface area contributed by atoms with Crippen molar-refractivity contribution in [3.8, 4) is 0 Å². The van der Waals surface area contributed by atoms with Gasteiger partial charge in [-0.1, -0.05) is 13.8 Å². The van der Waals surface area contributed by atoms with Gasteiger partial charge in [-0.3, -0.25) is 4.68 Å². The zero-order chi connectivity index (χ0) is 12.7. The minimum Gasteiger partial charge on any atom is -0.306 e. The van der Waals surface area contributed by atoms with E-state index < -0.39 is 0 Å². The lowest BCUT2D eigenvalue weighted by Crippen LogP contribution is -2.18. The molecule has 1 saturated carbocycles. The van der Waals surface area contributed by atoms with Crippen LogP contribution in [0.5, 0.6) is 0 Å². The van der Waals surface area contributed by atoms with E-state index in [1.807, 2.05) is 20.9 Å².